The molecular formula is C30H31N7OS. The zero-order chi connectivity index (χ0) is 26.9. The van der Waals surface area contributed by atoms with Gasteiger partial charge in [0.25, 0.3) is 0 Å². The molecule has 3 aromatic heterocycles. The number of hydrogen-bond acceptors (Lipinski definition) is 7. The smallest absolute Gasteiger partial charge is 0.230 e. The number of benzene rings is 2. The Kier molecular flexibility index (Phi) is 6.85. The number of fused-ring (bicyclic) bond motifs is 1. The van der Waals surface area contributed by atoms with Crippen LogP contribution in [-0.2, 0) is 11.2 Å². The van der Waals surface area contributed by atoms with E-state index in [4.69, 9.17) is 5.10 Å². The number of anilines is 2. The first-order valence-corrected chi connectivity index (χ1v) is 14.0. The van der Waals surface area contributed by atoms with Crippen molar-refractivity contribution in [2.75, 3.05) is 37.4 Å². The Balaban J connectivity index is 1.21. The first-order valence-electron chi connectivity index (χ1n) is 13.1. The Hall–Kier alpha value is -4.08. The predicted octanol–water partition coefficient (Wildman–Crippen LogP) is 5.17. The minimum atomic E-state index is -0.108. The summed E-state index contributed by atoms with van der Waals surface area (Å²) in [7, 11) is 4.27. The summed E-state index contributed by atoms with van der Waals surface area (Å²) in [4.78, 5) is 26.8. The summed E-state index contributed by atoms with van der Waals surface area (Å²) in [6.07, 6.45) is 1.32. The van der Waals surface area contributed by atoms with E-state index in [2.05, 4.69) is 57.4 Å². The fourth-order valence-corrected chi connectivity index (χ4v) is 5.80. The molecular weight excluding hydrogens is 506 g/mol. The highest BCUT2D eigenvalue weighted by atomic mass is 32.1. The van der Waals surface area contributed by atoms with Crippen molar-refractivity contribution in [3.63, 3.8) is 0 Å². The molecule has 8 nitrogen and oxygen atoms in total. The first kappa shape index (κ1) is 25.2. The van der Waals surface area contributed by atoms with Crippen LogP contribution in [-0.4, -0.2) is 63.8 Å². The van der Waals surface area contributed by atoms with Gasteiger partial charge in [0.1, 0.15) is 0 Å². The van der Waals surface area contributed by atoms with Crippen LogP contribution in [0.2, 0.25) is 0 Å². The highest BCUT2D eigenvalue weighted by Crippen LogP contribution is 2.29. The van der Waals surface area contributed by atoms with Crippen LogP contribution >= 0.6 is 11.3 Å². The van der Waals surface area contributed by atoms with E-state index < -0.39 is 0 Å². The summed E-state index contributed by atoms with van der Waals surface area (Å²) in [6.45, 7) is 4.03. The monoisotopic (exact) mass is 537 g/mol. The van der Waals surface area contributed by atoms with E-state index in [1.165, 1.54) is 5.69 Å². The van der Waals surface area contributed by atoms with E-state index in [9.17, 15) is 4.79 Å². The summed E-state index contributed by atoms with van der Waals surface area (Å²) in [5.74, 6) is 0.609. The maximum atomic E-state index is 13.0. The molecule has 9 heteroatoms. The summed E-state index contributed by atoms with van der Waals surface area (Å²) in [6, 6.07) is 22.7. The number of rotatable bonds is 7. The SMILES string of the molecule is Cc1cccc(-n2nc(CC(=O)Nc3ccc(N4CCC(N(C)C)C4)cc3)cc2-c2ccc3ncsc3c2)n1. The highest BCUT2D eigenvalue weighted by Gasteiger charge is 2.24. The average molecular weight is 538 g/mol. The van der Waals surface area contributed by atoms with Gasteiger partial charge in [0.15, 0.2) is 5.82 Å². The number of carbonyl (C=O) groups excluding carboxylic acids is 1. The lowest BCUT2D eigenvalue weighted by atomic mass is 10.1. The van der Waals surface area contributed by atoms with E-state index in [1.807, 2.05) is 65.6 Å². The zero-order valence-electron chi connectivity index (χ0n) is 22.3. The third kappa shape index (κ3) is 5.41. The second-order valence-electron chi connectivity index (χ2n) is 10.2. The van der Waals surface area contributed by atoms with Crippen molar-refractivity contribution >= 4 is 38.8 Å². The Morgan fingerprint density at radius 2 is 1.95 bits per heavy atom. The molecule has 0 radical (unpaired) electrons. The van der Waals surface area contributed by atoms with Crippen molar-refractivity contribution in [3.8, 4) is 17.1 Å². The molecule has 6 rings (SSSR count). The van der Waals surface area contributed by atoms with Gasteiger partial charge < -0.3 is 15.1 Å². The van der Waals surface area contributed by atoms with E-state index >= 15 is 0 Å². The van der Waals surface area contributed by atoms with Gasteiger partial charge in [0.2, 0.25) is 5.91 Å². The van der Waals surface area contributed by atoms with Crippen LogP contribution in [0.1, 0.15) is 17.8 Å². The van der Waals surface area contributed by atoms with Gasteiger partial charge in [-0.2, -0.15) is 5.10 Å². The molecule has 1 unspecified atom stereocenters. The Morgan fingerprint density at radius 1 is 1.10 bits per heavy atom. The Bertz CT molecular complexity index is 1620. The van der Waals surface area contributed by atoms with E-state index in [0.717, 1.165) is 58.2 Å². The normalized spacial score (nSPS) is 15.4. The topological polar surface area (TPSA) is 79.2 Å². The van der Waals surface area contributed by atoms with Gasteiger partial charge in [0, 0.05) is 41.8 Å². The first-order chi connectivity index (χ1) is 18.9. The second-order valence-corrected chi connectivity index (χ2v) is 11.1. The van der Waals surface area contributed by atoms with E-state index in [1.54, 1.807) is 11.3 Å². The third-order valence-corrected chi connectivity index (χ3v) is 8.02. The van der Waals surface area contributed by atoms with Crippen molar-refractivity contribution in [1.29, 1.82) is 0 Å². The molecule has 1 fully saturated rings. The number of pyridine rings is 1. The number of nitrogens with zero attached hydrogens (tertiary/aromatic N) is 6. The fourth-order valence-electron chi connectivity index (χ4n) is 5.08. The molecule has 1 saturated heterocycles. The Morgan fingerprint density at radius 3 is 2.72 bits per heavy atom. The predicted molar refractivity (Wildman–Crippen MR) is 158 cm³/mol. The fraction of sp³-hybridized carbons (Fsp3) is 0.267. The molecule has 1 atom stereocenters. The van der Waals surface area contributed by atoms with E-state index in [-0.39, 0.29) is 12.3 Å². The summed E-state index contributed by atoms with van der Waals surface area (Å²) in [5, 5.41) is 7.84. The minimum Gasteiger partial charge on any atom is -0.370 e. The molecule has 2 aromatic carbocycles. The van der Waals surface area contributed by atoms with Crippen LogP contribution in [0.3, 0.4) is 0 Å². The van der Waals surface area contributed by atoms with Crippen LogP contribution in [0.25, 0.3) is 27.3 Å². The lowest BCUT2D eigenvalue weighted by Crippen LogP contribution is -2.31. The summed E-state index contributed by atoms with van der Waals surface area (Å²) >= 11 is 1.60. The number of thiazole rings is 1. The number of aromatic nitrogens is 4. The Labute approximate surface area is 231 Å². The van der Waals surface area contributed by atoms with Gasteiger partial charge in [-0.1, -0.05) is 12.1 Å². The molecule has 39 heavy (non-hydrogen) atoms. The zero-order valence-corrected chi connectivity index (χ0v) is 23.2. The minimum absolute atomic E-state index is 0.108. The van der Waals surface area contributed by atoms with Gasteiger partial charge in [-0.3, -0.25) is 4.79 Å². The third-order valence-electron chi connectivity index (χ3n) is 7.23. The molecule has 1 amide bonds. The molecule has 0 saturated carbocycles. The molecule has 1 N–H and O–H groups in total. The van der Waals surface area contributed by atoms with Crippen LogP contribution in [0, 0.1) is 6.92 Å². The van der Waals surface area contributed by atoms with Crippen LogP contribution in [0.5, 0.6) is 0 Å². The second kappa shape index (κ2) is 10.6. The number of likely N-dealkylation sites (N-methyl/N-ethyl adjacent to an activating group) is 1. The average Bonchev–Trinajstić information content (AvgIpc) is 3.68. The molecule has 1 aliphatic heterocycles. The standard InChI is InChI=1S/C30H31N7OS/c1-20-5-4-6-29(32-20)37-27(21-7-12-26-28(15-21)39-19-31-26)16-23(34-37)17-30(38)33-22-8-10-24(11-9-22)36-14-13-25(18-36)35(2)3/h4-12,15-16,19,25H,13-14,17-18H2,1-3H3,(H,33,38). The molecule has 0 bridgehead atoms. The number of nitrogens with one attached hydrogen (secondary N) is 1. The molecule has 5 aromatic rings. The quantitative estimate of drug-likeness (QED) is 0.309. The van der Waals surface area contributed by atoms with Gasteiger partial charge in [-0.15, -0.1) is 11.3 Å². The number of hydrogen-bond donors (Lipinski definition) is 1. The lowest BCUT2D eigenvalue weighted by molar-refractivity contribution is -0.115. The number of aryl methyl sites for hydroxylation is 1. The van der Waals surface area contributed by atoms with Gasteiger partial charge in [0.05, 0.1) is 33.5 Å². The summed E-state index contributed by atoms with van der Waals surface area (Å²) in [5.41, 5.74) is 8.25. The van der Waals surface area contributed by atoms with Crippen molar-refractivity contribution < 1.29 is 4.79 Å². The van der Waals surface area contributed by atoms with E-state index in [0.29, 0.717) is 11.7 Å². The van der Waals surface area contributed by atoms with Gasteiger partial charge in [-0.05, 0) is 82.0 Å². The number of amides is 1. The van der Waals surface area contributed by atoms with Gasteiger partial charge >= 0.3 is 0 Å². The largest absolute Gasteiger partial charge is 0.370 e. The van der Waals surface area contributed by atoms with Crippen molar-refractivity contribution in [2.24, 2.45) is 0 Å². The molecule has 198 valence electrons. The van der Waals surface area contributed by atoms with Crippen LogP contribution in [0.4, 0.5) is 11.4 Å². The van der Waals surface area contributed by atoms with Crippen molar-refractivity contribution in [1.82, 2.24) is 24.6 Å². The molecule has 0 spiro atoms. The van der Waals surface area contributed by atoms with Crippen LogP contribution in [0.15, 0.2) is 72.2 Å². The van der Waals surface area contributed by atoms with Crippen molar-refractivity contribution in [2.45, 2.75) is 25.8 Å². The summed E-state index contributed by atoms with van der Waals surface area (Å²) < 4.78 is 2.93. The molecule has 4 heterocycles. The molecule has 1 aliphatic rings. The van der Waals surface area contributed by atoms with Crippen LogP contribution < -0.4 is 10.2 Å². The molecule has 0 aliphatic carbocycles. The lowest BCUT2D eigenvalue weighted by Gasteiger charge is -2.22. The maximum Gasteiger partial charge on any atom is 0.230 e. The highest BCUT2D eigenvalue weighted by molar-refractivity contribution is 7.16. The van der Waals surface area contributed by atoms with Gasteiger partial charge in [-0.25, -0.2) is 14.6 Å². The maximum absolute atomic E-state index is 13.0. The number of carbonyl (C=O) groups is 1. The van der Waals surface area contributed by atoms with Crippen molar-refractivity contribution in [3.05, 3.63) is 83.6 Å².